The molecule has 0 aromatic rings. The third-order valence-electron chi connectivity index (χ3n) is 2.77. The molecule has 0 aromatic carbocycles. The van der Waals surface area contributed by atoms with Crippen molar-refractivity contribution in [3.8, 4) is 0 Å². The summed E-state index contributed by atoms with van der Waals surface area (Å²) >= 11 is 0. The van der Waals surface area contributed by atoms with Crippen LogP contribution in [0.3, 0.4) is 0 Å². The zero-order valence-electron chi connectivity index (χ0n) is 10.7. The van der Waals surface area contributed by atoms with E-state index in [-0.39, 0.29) is 11.8 Å². The average Bonchev–Trinajstić information content (AvgIpc) is 2.81. The first-order valence-corrected chi connectivity index (χ1v) is 6.00. The average molecular weight is 229 g/mol. The molecule has 1 aliphatic carbocycles. The van der Waals surface area contributed by atoms with Crippen molar-refractivity contribution in [1.29, 1.82) is 0 Å². The van der Waals surface area contributed by atoms with Gasteiger partial charge < -0.3 is 10.1 Å². The predicted octanol–water partition coefficient (Wildman–Crippen LogP) is 2.52. The van der Waals surface area contributed by atoms with Gasteiger partial charge in [-0.2, -0.15) is 0 Å². The number of carbonyl (C=O) groups is 2. The Morgan fingerprint density at radius 3 is 2.12 bits per heavy atom. The summed E-state index contributed by atoms with van der Waals surface area (Å²) in [6, 6.07) is -0.357. The normalized spacial score (nSPS) is 17.0. The second-order valence-electron chi connectivity index (χ2n) is 3.77. The number of amides is 1. The van der Waals surface area contributed by atoms with Crippen LogP contribution < -0.4 is 5.32 Å². The van der Waals surface area contributed by atoms with Gasteiger partial charge in [0.25, 0.3) is 0 Å². The SMILES string of the molecule is CC.COC(=O)NC(C(C)=O)C1CCCC1. The summed E-state index contributed by atoms with van der Waals surface area (Å²) in [6.45, 7) is 5.51. The number of methoxy groups -OCH3 is 1. The standard InChI is InChI=1S/C10H17NO3.C2H6/c1-7(12)9(11-10(13)14-2)8-5-3-4-6-8;1-2/h8-9H,3-6H2,1-2H3,(H,11,13);1-2H3. The van der Waals surface area contributed by atoms with E-state index in [0.717, 1.165) is 25.7 Å². The highest BCUT2D eigenvalue weighted by atomic mass is 16.5. The Balaban J connectivity index is 0.00000106. The number of rotatable bonds is 3. The van der Waals surface area contributed by atoms with Crippen molar-refractivity contribution in [1.82, 2.24) is 5.32 Å². The molecule has 0 aromatic heterocycles. The van der Waals surface area contributed by atoms with Crippen molar-refractivity contribution in [2.45, 2.75) is 52.5 Å². The topological polar surface area (TPSA) is 55.4 Å². The first kappa shape index (κ1) is 14.9. The highest BCUT2D eigenvalue weighted by molar-refractivity contribution is 5.85. The Labute approximate surface area is 97.7 Å². The van der Waals surface area contributed by atoms with Crippen molar-refractivity contribution in [2.75, 3.05) is 7.11 Å². The molecule has 94 valence electrons. The van der Waals surface area contributed by atoms with Crippen LogP contribution in [0, 0.1) is 5.92 Å². The molecule has 4 heteroatoms. The van der Waals surface area contributed by atoms with Gasteiger partial charge in [0, 0.05) is 0 Å². The summed E-state index contributed by atoms with van der Waals surface area (Å²) in [4.78, 5) is 22.3. The number of hydrogen-bond donors (Lipinski definition) is 1. The summed E-state index contributed by atoms with van der Waals surface area (Å²) in [5.41, 5.74) is 0. The monoisotopic (exact) mass is 229 g/mol. The lowest BCUT2D eigenvalue weighted by Crippen LogP contribution is -2.44. The number of hydrogen-bond acceptors (Lipinski definition) is 3. The van der Waals surface area contributed by atoms with E-state index >= 15 is 0 Å². The van der Waals surface area contributed by atoms with Crippen LogP contribution in [0.1, 0.15) is 46.5 Å². The van der Waals surface area contributed by atoms with Crippen molar-refractivity contribution >= 4 is 11.9 Å². The summed E-state index contributed by atoms with van der Waals surface area (Å²) < 4.78 is 4.49. The molecule has 1 saturated carbocycles. The van der Waals surface area contributed by atoms with Crippen LogP contribution in [-0.2, 0) is 9.53 Å². The molecule has 1 unspecified atom stereocenters. The van der Waals surface area contributed by atoms with Gasteiger partial charge in [-0.25, -0.2) is 4.79 Å². The van der Waals surface area contributed by atoms with Crippen LogP contribution >= 0.6 is 0 Å². The number of carbonyl (C=O) groups excluding carboxylic acids is 2. The minimum atomic E-state index is -0.517. The second-order valence-corrected chi connectivity index (χ2v) is 3.77. The lowest BCUT2D eigenvalue weighted by atomic mass is 9.95. The Morgan fingerprint density at radius 2 is 1.75 bits per heavy atom. The summed E-state index contributed by atoms with van der Waals surface area (Å²) in [5, 5.41) is 2.60. The molecule has 0 spiro atoms. The zero-order chi connectivity index (χ0) is 12.6. The summed E-state index contributed by atoms with van der Waals surface area (Å²) in [7, 11) is 1.31. The van der Waals surface area contributed by atoms with E-state index in [4.69, 9.17) is 0 Å². The number of Topliss-reactive ketones (excluding diaryl/α,β-unsaturated/α-hetero) is 1. The van der Waals surface area contributed by atoms with Gasteiger partial charge >= 0.3 is 6.09 Å². The number of ketones is 1. The molecule has 1 fully saturated rings. The molecule has 0 radical (unpaired) electrons. The highest BCUT2D eigenvalue weighted by Crippen LogP contribution is 2.28. The Morgan fingerprint density at radius 1 is 1.25 bits per heavy atom. The Kier molecular flexibility index (Phi) is 7.60. The maximum Gasteiger partial charge on any atom is 0.407 e. The van der Waals surface area contributed by atoms with Gasteiger partial charge in [0.2, 0.25) is 0 Å². The molecular formula is C12H23NO3. The van der Waals surface area contributed by atoms with Crippen LogP contribution in [0.25, 0.3) is 0 Å². The lowest BCUT2D eigenvalue weighted by Gasteiger charge is -2.21. The number of nitrogens with one attached hydrogen (secondary N) is 1. The largest absolute Gasteiger partial charge is 0.453 e. The Bertz CT molecular complexity index is 222. The maximum absolute atomic E-state index is 11.3. The van der Waals surface area contributed by atoms with Gasteiger partial charge in [0.1, 0.15) is 0 Å². The molecular weight excluding hydrogens is 206 g/mol. The van der Waals surface area contributed by atoms with E-state index in [1.54, 1.807) is 0 Å². The highest BCUT2D eigenvalue weighted by Gasteiger charge is 2.29. The van der Waals surface area contributed by atoms with Crippen LogP contribution in [0.5, 0.6) is 0 Å². The van der Waals surface area contributed by atoms with E-state index < -0.39 is 6.09 Å². The third-order valence-corrected chi connectivity index (χ3v) is 2.77. The van der Waals surface area contributed by atoms with Crippen molar-refractivity contribution in [3.63, 3.8) is 0 Å². The second kappa shape index (κ2) is 8.13. The smallest absolute Gasteiger partial charge is 0.407 e. The van der Waals surface area contributed by atoms with Gasteiger partial charge in [-0.3, -0.25) is 4.79 Å². The summed E-state index contributed by atoms with van der Waals surface area (Å²) in [5.74, 6) is 0.314. The van der Waals surface area contributed by atoms with Gasteiger partial charge in [-0.1, -0.05) is 26.7 Å². The molecule has 0 saturated heterocycles. The number of alkyl carbamates (subject to hydrolysis) is 1. The van der Waals surface area contributed by atoms with Crippen LogP contribution in [-0.4, -0.2) is 25.0 Å². The molecule has 0 aliphatic heterocycles. The van der Waals surface area contributed by atoms with Crippen LogP contribution in [0.2, 0.25) is 0 Å². The first-order valence-electron chi connectivity index (χ1n) is 6.00. The van der Waals surface area contributed by atoms with Crippen molar-refractivity contribution < 1.29 is 14.3 Å². The molecule has 1 aliphatic rings. The number of ether oxygens (including phenoxy) is 1. The van der Waals surface area contributed by atoms with E-state index in [9.17, 15) is 9.59 Å². The maximum atomic E-state index is 11.3. The van der Waals surface area contributed by atoms with Gasteiger partial charge in [0.05, 0.1) is 13.2 Å². The van der Waals surface area contributed by atoms with Gasteiger partial charge in [-0.15, -0.1) is 0 Å². The molecule has 1 N–H and O–H groups in total. The molecule has 1 atom stereocenters. The molecule has 0 heterocycles. The lowest BCUT2D eigenvalue weighted by molar-refractivity contribution is -0.120. The van der Waals surface area contributed by atoms with Crippen molar-refractivity contribution in [2.24, 2.45) is 5.92 Å². The molecule has 16 heavy (non-hydrogen) atoms. The molecule has 1 amide bonds. The minimum Gasteiger partial charge on any atom is -0.453 e. The Hall–Kier alpha value is -1.06. The van der Waals surface area contributed by atoms with E-state index in [1.807, 2.05) is 13.8 Å². The van der Waals surface area contributed by atoms with Crippen LogP contribution in [0.15, 0.2) is 0 Å². The van der Waals surface area contributed by atoms with E-state index in [0.29, 0.717) is 5.92 Å². The van der Waals surface area contributed by atoms with Crippen molar-refractivity contribution in [3.05, 3.63) is 0 Å². The molecule has 4 nitrogen and oxygen atoms in total. The minimum absolute atomic E-state index is 0.0160. The van der Waals surface area contributed by atoms with Gasteiger partial charge in [-0.05, 0) is 25.7 Å². The fraction of sp³-hybridized carbons (Fsp3) is 0.833. The molecule has 0 bridgehead atoms. The van der Waals surface area contributed by atoms with Gasteiger partial charge in [0.15, 0.2) is 5.78 Å². The fourth-order valence-corrected chi connectivity index (χ4v) is 2.03. The first-order chi connectivity index (χ1) is 7.65. The fourth-order valence-electron chi connectivity index (χ4n) is 2.03. The zero-order valence-corrected chi connectivity index (χ0v) is 10.7. The van der Waals surface area contributed by atoms with E-state index in [2.05, 4.69) is 10.1 Å². The third kappa shape index (κ3) is 4.64. The predicted molar refractivity (Wildman–Crippen MR) is 63.3 cm³/mol. The quantitative estimate of drug-likeness (QED) is 0.809. The molecule has 1 rings (SSSR count). The van der Waals surface area contributed by atoms with E-state index in [1.165, 1.54) is 14.0 Å². The van der Waals surface area contributed by atoms with Crippen LogP contribution in [0.4, 0.5) is 4.79 Å². The summed E-state index contributed by atoms with van der Waals surface area (Å²) in [6.07, 6.45) is 3.83.